The van der Waals surface area contributed by atoms with Crippen molar-refractivity contribution in [3.05, 3.63) is 77.1 Å². The first-order valence-corrected chi connectivity index (χ1v) is 9.72. The fraction of sp³-hybridized carbons (Fsp3) is 0.174. The number of ketones is 1. The molecule has 2 N–H and O–H groups in total. The van der Waals surface area contributed by atoms with Crippen molar-refractivity contribution in [3.8, 4) is 5.69 Å². The lowest BCUT2D eigenvalue weighted by Crippen LogP contribution is -2.17. The highest BCUT2D eigenvalue weighted by Crippen LogP contribution is 2.28. The number of aryl methyl sites for hydroxylation is 1. The van der Waals surface area contributed by atoms with E-state index in [1.807, 2.05) is 66.1 Å². The quantitative estimate of drug-likeness (QED) is 0.548. The van der Waals surface area contributed by atoms with Gasteiger partial charge < -0.3 is 4.98 Å². The van der Waals surface area contributed by atoms with Crippen LogP contribution in [0, 0.1) is 6.92 Å². The molecule has 1 amide bonds. The van der Waals surface area contributed by atoms with Gasteiger partial charge in [0.05, 0.1) is 11.0 Å². The Hall–Kier alpha value is -3.67. The van der Waals surface area contributed by atoms with Crippen molar-refractivity contribution in [1.82, 2.24) is 14.5 Å². The molecule has 0 spiro atoms. The number of fused-ring (bicyclic) bond motifs is 2. The molecule has 144 valence electrons. The molecule has 0 saturated carbocycles. The standard InChI is InChI=1S/C23H20N4O2/c1-14-20-17(11-7-13-19(20)28)24-21(14)22(29)26-23-25-16-10-5-6-12-18(16)27(23)15-8-3-2-4-9-15/h2-6,8-10,12,24H,7,11,13H2,1H3,(H,25,26,29). The first-order valence-electron chi connectivity index (χ1n) is 9.72. The summed E-state index contributed by atoms with van der Waals surface area (Å²) in [5, 5.41) is 2.95. The number of hydrogen-bond acceptors (Lipinski definition) is 3. The second kappa shape index (κ2) is 6.74. The van der Waals surface area contributed by atoms with Crippen LogP contribution in [-0.4, -0.2) is 26.2 Å². The molecule has 0 aliphatic heterocycles. The predicted octanol–water partition coefficient (Wildman–Crippen LogP) is 4.43. The topological polar surface area (TPSA) is 79.8 Å². The van der Waals surface area contributed by atoms with Gasteiger partial charge in [-0.1, -0.05) is 30.3 Å². The van der Waals surface area contributed by atoms with Gasteiger partial charge in [0.25, 0.3) is 5.91 Å². The SMILES string of the molecule is Cc1c(C(=O)Nc2nc3ccccc3n2-c2ccccc2)[nH]c2c1C(=O)CCC2. The second-order valence-corrected chi connectivity index (χ2v) is 7.30. The number of para-hydroxylation sites is 3. The van der Waals surface area contributed by atoms with E-state index in [2.05, 4.69) is 15.3 Å². The number of aromatic amines is 1. The van der Waals surface area contributed by atoms with Crippen LogP contribution in [0.5, 0.6) is 0 Å². The highest BCUT2D eigenvalue weighted by atomic mass is 16.2. The normalized spacial score (nSPS) is 13.5. The molecule has 0 atom stereocenters. The monoisotopic (exact) mass is 384 g/mol. The van der Waals surface area contributed by atoms with Gasteiger partial charge in [-0.05, 0) is 49.6 Å². The summed E-state index contributed by atoms with van der Waals surface area (Å²) in [5.41, 5.74) is 5.30. The molecule has 4 aromatic rings. The summed E-state index contributed by atoms with van der Waals surface area (Å²) >= 11 is 0. The number of imidazole rings is 1. The predicted molar refractivity (Wildman–Crippen MR) is 112 cm³/mol. The zero-order valence-corrected chi connectivity index (χ0v) is 16.0. The molecule has 2 aromatic carbocycles. The molecule has 6 nitrogen and oxygen atoms in total. The summed E-state index contributed by atoms with van der Waals surface area (Å²) in [6, 6.07) is 17.6. The van der Waals surface area contributed by atoms with E-state index in [0.717, 1.165) is 35.3 Å². The third-order valence-corrected chi connectivity index (χ3v) is 5.46. The molecule has 0 fully saturated rings. The number of nitrogens with one attached hydrogen (secondary N) is 2. The number of benzene rings is 2. The van der Waals surface area contributed by atoms with Crippen molar-refractivity contribution in [2.24, 2.45) is 0 Å². The lowest BCUT2D eigenvalue weighted by Gasteiger charge is -2.10. The third-order valence-electron chi connectivity index (χ3n) is 5.46. The van der Waals surface area contributed by atoms with Crippen molar-refractivity contribution < 1.29 is 9.59 Å². The minimum atomic E-state index is -0.294. The van der Waals surface area contributed by atoms with Gasteiger partial charge >= 0.3 is 0 Å². The maximum Gasteiger partial charge on any atom is 0.274 e. The molecular weight excluding hydrogens is 364 g/mol. The Morgan fingerprint density at radius 3 is 2.62 bits per heavy atom. The Labute approximate surface area is 167 Å². The zero-order chi connectivity index (χ0) is 20.0. The van der Waals surface area contributed by atoms with Crippen LogP contribution in [0.1, 0.15) is 44.9 Å². The number of anilines is 1. The van der Waals surface area contributed by atoms with Crippen LogP contribution in [0.4, 0.5) is 5.95 Å². The Bertz CT molecular complexity index is 1250. The number of H-pyrrole nitrogens is 1. The van der Waals surface area contributed by atoms with E-state index in [1.54, 1.807) is 0 Å². The van der Waals surface area contributed by atoms with E-state index in [0.29, 0.717) is 29.2 Å². The van der Waals surface area contributed by atoms with E-state index in [1.165, 1.54) is 0 Å². The van der Waals surface area contributed by atoms with Crippen molar-refractivity contribution in [2.45, 2.75) is 26.2 Å². The summed E-state index contributed by atoms with van der Waals surface area (Å²) in [4.78, 5) is 33.2. The highest BCUT2D eigenvalue weighted by molar-refractivity contribution is 6.08. The van der Waals surface area contributed by atoms with Gasteiger partial charge in [0.2, 0.25) is 5.95 Å². The van der Waals surface area contributed by atoms with Crippen LogP contribution in [0.3, 0.4) is 0 Å². The number of aromatic nitrogens is 3. The molecule has 0 radical (unpaired) electrons. The van der Waals surface area contributed by atoms with Crippen LogP contribution in [0.2, 0.25) is 0 Å². The van der Waals surface area contributed by atoms with Crippen LogP contribution in [0.25, 0.3) is 16.7 Å². The van der Waals surface area contributed by atoms with Gasteiger partial charge in [0.1, 0.15) is 5.69 Å². The summed E-state index contributed by atoms with van der Waals surface area (Å²) in [6.45, 7) is 1.83. The number of carbonyl (C=O) groups is 2. The zero-order valence-electron chi connectivity index (χ0n) is 16.0. The number of nitrogens with zero attached hydrogens (tertiary/aromatic N) is 2. The van der Waals surface area contributed by atoms with Crippen molar-refractivity contribution in [2.75, 3.05) is 5.32 Å². The number of carbonyl (C=O) groups excluding carboxylic acids is 2. The molecule has 29 heavy (non-hydrogen) atoms. The Morgan fingerprint density at radius 1 is 1.07 bits per heavy atom. The Balaban J connectivity index is 1.58. The van der Waals surface area contributed by atoms with Gasteiger partial charge in [-0.2, -0.15) is 0 Å². The van der Waals surface area contributed by atoms with E-state index in [4.69, 9.17) is 0 Å². The van der Waals surface area contributed by atoms with Gasteiger partial charge in [-0.15, -0.1) is 0 Å². The van der Waals surface area contributed by atoms with Crippen molar-refractivity contribution in [1.29, 1.82) is 0 Å². The summed E-state index contributed by atoms with van der Waals surface area (Å²) in [7, 11) is 0. The average Bonchev–Trinajstić information content (AvgIpc) is 3.27. The molecule has 2 heterocycles. The average molecular weight is 384 g/mol. The molecule has 6 heteroatoms. The third kappa shape index (κ3) is 2.84. The van der Waals surface area contributed by atoms with Crippen LogP contribution >= 0.6 is 0 Å². The van der Waals surface area contributed by atoms with Gasteiger partial charge in [-0.3, -0.25) is 19.5 Å². The minimum Gasteiger partial charge on any atom is -0.354 e. The smallest absolute Gasteiger partial charge is 0.274 e. The minimum absolute atomic E-state index is 0.107. The molecule has 5 rings (SSSR count). The molecule has 2 aromatic heterocycles. The lowest BCUT2D eigenvalue weighted by atomic mass is 9.94. The Morgan fingerprint density at radius 2 is 1.83 bits per heavy atom. The summed E-state index contributed by atoms with van der Waals surface area (Å²) in [5.74, 6) is 0.258. The van der Waals surface area contributed by atoms with Crippen molar-refractivity contribution >= 4 is 28.7 Å². The first kappa shape index (κ1) is 17.4. The molecule has 0 saturated heterocycles. The molecular formula is C23H20N4O2. The number of amides is 1. The Kier molecular flexibility index (Phi) is 4.05. The van der Waals surface area contributed by atoms with E-state index in [9.17, 15) is 9.59 Å². The lowest BCUT2D eigenvalue weighted by molar-refractivity contribution is 0.0971. The van der Waals surface area contributed by atoms with Crippen LogP contribution in [0.15, 0.2) is 54.6 Å². The fourth-order valence-electron chi connectivity index (χ4n) is 4.11. The van der Waals surface area contributed by atoms with Gasteiger partial charge in [0, 0.05) is 23.4 Å². The molecule has 1 aliphatic carbocycles. The second-order valence-electron chi connectivity index (χ2n) is 7.30. The van der Waals surface area contributed by atoms with Crippen LogP contribution < -0.4 is 5.32 Å². The maximum absolute atomic E-state index is 13.1. The largest absolute Gasteiger partial charge is 0.354 e. The van der Waals surface area contributed by atoms with Crippen molar-refractivity contribution in [3.63, 3.8) is 0 Å². The molecule has 0 unspecified atom stereocenters. The molecule has 1 aliphatic rings. The highest BCUT2D eigenvalue weighted by Gasteiger charge is 2.27. The van der Waals surface area contributed by atoms with Crippen LogP contribution in [-0.2, 0) is 6.42 Å². The van der Waals surface area contributed by atoms with E-state index >= 15 is 0 Å². The fourth-order valence-corrected chi connectivity index (χ4v) is 4.11. The van der Waals surface area contributed by atoms with E-state index < -0.39 is 0 Å². The summed E-state index contributed by atoms with van der Waals surface area (Å²) < 4.78 is 1.93. The number of rotatable bonds is 3. The van der Waals surface area contributed by atoms with E-state index in [-0.39, 0.29) is 11.7 Å². The summed E-state index contributed by atoms with van der Waals surface area (Å²) in [6.07, 6.45) is 2.14. The first-order chi connectivity index (χ1) is 14.1. The van der Waals surface area contributed by atoms with Gasteiger partial charge in [-0.25, -0.2) is 4.98 Å². The maximum atomic E-state index is 13.1. The number of Topliss-reactive ketones (excluding diaryl/α,β-unsaturated/α-hetero) is 1. The number of hydrogen-bond donors (Lipinski definition) is 2. The van der Waals surface area contributed by atoms with Gasteiger partial charge in [0.15, 0.2) is 5.78 Å². The molecule has 0 bridgehead atoms.